The molecule has 3 N–H and O–H groups in total. The van der Waals surface area contributed by atoms with Crippen molar-refractivity contribution in [3.05, 3.63) is 59.1 Å². The molecule has 0 saturated heterocycles. The van der Waals surface area contributed by atoms with Gasteiger partial charge in [-0.2, -0.15) is 0 Å². The first kappa shape index (κ1) is 14.9. The number of amides is 2. The topological polar surface area (TPSA) is 81.4 Å². The molecule has 0 saturated carbocycles. The van der Waals surface area contributed by atoms with Gasteiger partial charge in [-0.15, -0.1) is 0 Å². The highest BCUT2D eigenvalue weighted by molar-refractivity contribution is 6.30. The number of nitrogens with one attached hydrogen (secondary N) is 1. The molecule has 2 aromatic rings. The zero-order chi connectivity index (χ0) is 15.2. The molecule has 0 unspecified atom stereocenters. The van der Waals surface area contributed by atoms with Gasteiger partial charge >= 0.3 is 0 Å². The Morgan fingerprint density at radius 2 is 1.76 bits per heavy atom. The van der Waals surface area contributed by atoms with Crippen LogP contribution in [0.15, 0.2) is 48.5 Å². The number of benzene rings is 2. The van der Waals surface area contributed by atoms with Crippen LogP contribution < -0.4 is 15.8 Å². The van der Waals surface area contributed by atoms with Gasteiger partial charge in [-0.3, -0.25) is 9.59 Å². The maximum Gasteiger partial charge on any atom is 0.262 e. The van der Waals surface area contributed by atoms with Crippen molar-refractivity contribution < 1.29 is 14.3 Å². The lowest BCUT2D eigenvalue weighted by molar-refractivity contribution is -0.118. The molecule has 2 amide bonds. The first-order valence-electron chi connectivity index (χ1n) is 6.13. The van der Waals surface area contributed by atoms with Crippen LogP contribution >= 0.6 is 11.6 Å². The molecule has 0 bridgehead atoms. The van der Waals surface area contributed by atoms with Crippen molar-refractivity contribution >= 4 is 29.1 Å². The van der Waals surface area contributed by atoms with Crippen LogP contribution in [0.5, 0.6) is 5.75 Å². The average Bonchev–Trinajstić information content (AvgIpc) is 2.48. The van der Waals surface area contributed by atoms with Gasteiger partial charge in [-0.05, 0) is 36.4 Å². The number of anilines is 1. The van der Waals surface area contributed by atoms with Crippen molar-refractivity contribution in [1.29, 1.82) is 0 Å². The molecule has 0 radical (unpaired) electrons. The van der Waals surface area contributed by atoms with E-state index in [4.69, 9.17) is 22.1 Å². The number of rotatable bonds is 5. The minimum Gasteiger partial charge on any atom is -0.483 e. The molecule has 0 heterocycles. The molecule has 108 valence electrons. The number of hydrogen-bond acceptors (Lipinski definition) is 3. The molecule has 2 aromatic carbocycles. The Kier molecular flexibility index (Phi) is 4.79. The number of carbonyl (C=O) groups excluding carboxylic acids is 2. The average molecular weight is 305 g/mol. The molecule has 0 aliphatic rings. The number of carbonyl (C=O) groups is 2. The largest absolute Gasteiger partial charge is 0.483 e. The number of primary amides is 1. The van der Waals surface area contributed by atoms with E-state index in [2.05, 4.69) is 5.32 Å². The summed E-state index contributed by atoms with van der Waals surface area (Å²) in [5.41, 5.74) is 6.07. The maximum atomic E-state index is 11.8. The molecular weight excluding hydrogens is 292 g/mol. The molecule has 0 fully saturated rings. The predicted octanol–water partition coefficient (Wildman–Crippen LogP) is 2.46. The van der Waals surface area contributed by atoms with Gasteiger partial charge < -0.3 is 15.8 Å². The molecule has 0 aliphatic carbocycles. The second kappa shape index (κ2) is 6.76. The van der Waals surface area contributed by atoms with Gasteiger partial charge in [0.05, 0.1) is 5.56 Å². The zero-order valence-corrected chi connectivity index (χ0v) is 11.8. The van der Waals surface area contributed by atoms with Crippen molar-refractivity contribution in [3.8, 4) is 5.75 Å². The van der Waals surface area contributed by atoms with Crippen LogP contribution in [-0.4, -0.2) is 18.4 Å². The number of para-hydroxylation sites is 1. The highest BCUT2D eigenvalue weighted by Crippen LogP contribution is 2.17. The summed E-state index contributed by atoms with van der Waals surface area (Å²) in [4.78, 5) is 23.0. The molecular formula is C15H13ClN2O3. The van der Waals surface area contributed by atoms with Crippen LogP contribution in [0, 0.1) is 0 Å². The van der Waals surface area contributed by atoms with E-state index in [1.165, 1.54) is 6.07 Å². The van der Waals surface area contributed by atoms with Gasteiger partial charge in [0.2, 0.25) is 0 Å². The Morgan fingerprint density at radius 3 is 2.43 bits per heavy atom. The molecule has 2 rings (SSSR count). The monoisotopic (exact) mass is 304 g/mol. The third-order valence-electron chi connectivity index (χ3n) is 2.64. The summed E-state index contributed by atoms with van der Waals surface area (Å²) in [7, 11) is 0. The predicted molar refractivity (Wildman–Crippen MR) is 80.5 cm³/mol. The fourth-order valence-corrected chi connectivity index (χ4v) is 1.80. The molecule has 5 nitrogen and oxygen atoms in total. The van der Waals surface area contributed by atoms with Crippen LogP contribution in [-0.2, 0) is 4.79 Å². The normalized spacial score (nSPS) is 9.95. The molecule has 21 heavy (non-hydrogen) atoms. The fourth-order valence-electron chi connectivity index (χ4n) is 1.67. The second-order valence-electron chi connectivity index (χ2n) is 4.20. The summed E-state index contributed by atoms with van der Waals surface area (Å²) in [5, 5.41) is 3.23. The minimum atomic E-state index is -0.608. The van der Waals surface area contributed by atoms with Crippen LogP contribution in [0.1, 0.15) is 10.4 Å². The first-order valence-corrected chi connectivity index (χ1v) is 6.51. The van der Waals surface area contributed by atoms with Crippen LogP contribution in [0.2, 0.25) is 5.02 Å². The van der Waals surface area contributed by atoms with E-state index in [0.29, 0.717) is 10.7 Å². The summed E-state index contributed by atoms with van der Waals surface area (Å²) in [5.74, 6) is -0.684. The highest BCUT2D eigenvalue weighted by atomic mass is 35.5. The summed E-state index contributed by atoms with van der Waals surface area (Å²) >= 11 is 5.76. The lowest BCUT2D eigenvalue weighted by Crippen LogP contribution is -2.21. The lowest BCUT2D eigenvalue weighted by atomic mass is 10.2. The third-order valence-corrected chi connectivity index (χ3v) is 2.89. The molecule has 0 aliphatic heterocycles. The van der Waals surface area contributed by atoms with Crippen molar-refractivity contribution in [1.82, 2.24) is 0 Å². The Bertz CT molecular complexity index is 656. The van der Waals surface area contributed by atoms with Crippen LogP contribution in [0.25, 0.3) is 0 Å². The molecule has 0 spiro atoms. The van der Waals surface area contributed by atoms with Gasteiger partial charge in [-0.25, -0.2) is 0 Å². The highest BCUT2D eigenvalue weighted by Gasteiger charge is 2.10. The standard InChI is InChI=1S/C15H13ClN2O3/c16-10-5-7-11(8-6-10)18-14(19)9-21-13-4-2-1-3-12(13)15(17)20/h1-8H,9H2,(H2,17,20)(H,18,19). The fraction of sp³-hybridized carbons (Fsp3) is 0.0667. The van der Waals surface area contributed by atoms with Gasteiger partial charge in [-0.1, -0.05) is 23.7 Å². The SMILES string of the molecule is NC(=O)c1ccccc1OCC(=O)Nc1ccc(Cl)cc1. The Labute approximate surface area is 126 Å². The summed E-state index contributed by atoms with van der Waals surface area (Å²) in [6.45, 7) is -0.229. The van der Waals surface area contributed by atoms with E-state index in [9.17, 15) is 9.59 Å². The van der Waals surface area contributed by atoms with Crippen LogP contribution in [0.3, 0.4) is 0 Å². The summed E-state index contributed by atoms with van der Waals surface area (Å²) < 4.78 is 5.32. The maximum absolute atomic E-state index is 11.8. The van der Waals surface area contributed by atoms with E-state index in [1.807, 2.05) is 0 Å². The Hall–Kier alpha value is -2.53. The number of ether oxygens (including phenoxy) is 1. The Balaban J connectivity index is 1.95. The number of nitrogens with two attached hydrogens (primary N) is 1. The summed E-state index contributed by atoms with van der Waals surface area (Å²) in [6.07, 6.45) is 0. The van der Waals surface area contributed by atoms with Gasteiger partial charge in [0.25, 0.3) is 11.8 Å². The van der Waals surface area contributed by atoms with Gasteiger partial charge in [0.15, 0.2) is 6.61 Å². The van der Waals surface area contributed by atoms with E-state index >= 15 is 0 Å². The molecule has 0 atom stereocenters. The Morgan fingerprint density at radius 1 is 1.10 bits per heavy atom. The number of hydrogen-bond donors (Lipinski definition) is 2. The van der Waals surface area contributed by atoms with E-state index in [-0.39, 0.29) is 23.8 Å². The van der Waals surface area contributed by atoms with E-state index in [1.54, 1.807) is 42.5 Å². The van der Waals surface area contributed by atoms with Gasteiger partial charge in [0.1, 0.15) is 5.75 Å². The molecule has 0 aromatic heterocycles. The minimum absolute atomic E-state index is 0.229. The second-order valence-corrected chi connectivity index (χ2v) is 4.64. The van der Waals surface area contributed by atoms with Crippen molar-refractivity contribution in [2.24, 2.45) is 5.73 Å². The van der Waals surface area contributed by atoms with E-state index in [0.717, 1.165) is 0 Å². The third kappa shape index (κ3) is 4.22. The quantitative estimate of drug-likeness (QED) is 0.890. The van der Waals surface area contributed by atoms with E-state index < -0.39 is 5.91 Å². The first-order chi connectivity index (χ1) is 10.1. The number of halogens is 1. The van der Waals surface area contributed by atoms with Crippen molar-refractivity contribution in [2.75, 3.05) is 11.9 Å². The van der Waals surface area contributed by atoms with Gasteiger partial charge in [0, 0.05) is 10.7 Å². The van der Waals surface area contributed by atoms with Crippen molar-refractivity contribution in [2.45, 2.75) is 0 Å². The van der Waals surface area contributed by atoms with Crippen molar-refractivity contribution in [3.63, 3.8) is 0 Å². The van der Waals surface area contributed by atoms with Crippen LogP contribution in [0.4, 0.5) is 5.69 Å². The zero-order valence-electron chi connectivity index (χ0n) is 11.0. The summed E-state index contributed by atoms with van der Waals surface area (Å²) in [6, 6.07) is 13.2. The smallest absolute Gasteiger partial charge is 0.262 e. The molecule has 6 heteroatoms. The lowest BCUT2D eigenvalue weighted by Gasteiger charge is -2.09.